The Hall–Kier alpha value is -2.46. The molecule has 0 spiro atoms. The lowest BCUT2D eigenvalue weighted by molar-refractivity contribution is 0.414. The van der Waals surface area contributed by atoms with Gasteiger partial charge in [-0.05, 0) is 55.6 Å². The summed E-state index contributed by atoms with van der Waals surface area (Å²) in [4.78, 5) is 9.64. The van der Waals surface area contributed by atoms with Crippen molar-refractivity contribution in [1.29, 1.82) is 0 Å². The maximum Gasteiger partial charge on any atom is 0.150 e. The fourth-order valence-electron chi connectivity index (χ4n) is 3.46. The Morgan fingerprint density at radius 3 is 2.88 bits per heavy atom. The first-order valence-electron chi connectivity index (χ1n) is 8.40. The van der Waals surface area contributed by atoms with Gasteiger partial charge in [-0.15, -0.1) is 0 Å². The largest absolute Gasteiger partial charge is 0.497 e. The van der Waals surface area contributed by atoms with Crippen molar-refractivity contribution in [2.45, 2.75) is 25.8 Å². The molecule has 0 amide bonds. The summed E-state index contributed by atoms with van der Waals surface area (Å²) in [6, 6.07) is 14.5. The van der Waals surface area contributed by atoms with E-state index < -0.39 is 0 Å². The molecule has 4 rings (SSSR count). The quantitative estimate of drug-likeness (QED) is 0.784. The van der Waals surface area contributed by atoms with Crippen LogP contribution in [0.4, 0.5) is 0 Å². The summed E-state index contributed by atoms with van der Waals surface area (Å²) >= 11 is 0. The molecule has 1 aliphatic rings. The zero-order valence-electron chi connectivity index (χ0n) is 14.0. The van der Waals surface area contributed by atoms with Gasteiger partial charge in [0.15, 0.2) is 5.82 Å². The number of aryl methyl sites for hydroxylation is 2. The van der Waals surface area contributed by atoms with Crippen LogP contribution in [0.25, 0.3) is 10.9 Å². The lowest BCUT2D eigenvalue weighted by Gasteiger charge is -2.19. The first-order chi connectivity index (χ1) is 11.8. The molecular formula is C20H21N3O. The van der Waals surface area contributed by atoms with Crippen LogP contribution in [0, 0.1) is 6.92 Å². The summed E-state index contributed by atoms with van der Waals surface area (Å²) in [6.07, 6.45) is 2.14. The number of ether oxygens (including phenoxy) is 1. The van der Waals surface area contributed by atoms with Crippen molar-refractivity contribution in [3.05, 3.63) is 65.1 Å². The highest BCUT2D eigenvalue weighted by Crippen LogP contribution is 2.30. The molecule has 4 heteroatoms. The minimum absolute atomic E-state index is 0.0247. The van der Waals surface area contributed by atoms with E-state index in [0.29, 0.717) is 0 Å². The lowest BCUT2D eigenvalue weighted by Crippen LogP contribution is -2.24. The van der Waals surface area contributed by atoms with Crippen LogP contribution < -0.4 is 10.1 Å². The van der Waals surface area contributed by atoms with Crippen molar-refractivity contribution in [2.75, 3.05) is 13.7 Å². The molecule has 0 radical (unpaired) electrons. The third kappa shape index (κ3) is 2.63. The van der Waals surface area contributed by atoms with Crippen LogP contribution in [-0.2, 0) is 6.42 Å². The Morgan fingerprint density at radius 2 is 2.00 bits per heavy atom. The Balaban J connectivity index is 1.85. The highest BCUT2D eigenvalue weighted by molar-refractivity contribution is 5.80. The smallest absolute Gasteiger partial charge is 0.150 e. The number of nitrogens with zero attached hydrogens (tertiary/aromatic N) is 2. The summed E-state index contributed by atoms with van der Waals surface area (Å²) in [6.45, 7) is 3.01. The minimum Gasteiger partial charge on any atom is -0.497 e. The molecule has 122 valence electrons. The summed E-state index contributed by atoms with van der Waals surface area (Å²) in [5.74, 6) is 1.75. The van der Waals surface area contributed by atoms with Gasteiger partial charge in [0.1, 0.15) is 5.75 Å². The van der Waals surface area contributed by atoms with Crippen LogP contribution in [-0.4, -0.2) is 23.6 Å². The Bertz CT molecular complexity index is 891. The zero-order valence-corrected chi connectivity index (χ0v) is 14.0. The van der Waals surface area contributed by atoms with Crippen LogP contribution in [0.1, 0.15) is 35.1 Å². The summed E-state index contributed by atoms with van der Waals surface area (Å²) in [5, 5.41) is 4.73. The molecule has 2 heterocycles. The van der Waals surface area contributed by atoms with Crippen molar-refractivity contribution in [1.82, 2.24) is 15.3 Å². The Kier molecular flexibility index (Phi) is 3.90. The Labute approximate surface area is 141 Å². The SMILES string of the molecule is COc1ccc2c(c1)CCCNC2c1nc(C)c2ccccc2n1. The van der Waals surface area contributed by atoms with Crippen LogP contribution in [0.15, 0.2) is 42.5 Å². The van der Waals surface area contributed by atoms with Gasteiger partial charge in [-0.3, -0.25) is 0 Å². The van der Waals surface area contributed by atoms with Crippen molar-refractivity contribution >= 4 is 10.9 Å². The summed E-state index contributed by atoms with van der Waals surface area (Å²) < 4.78 is 5.39. The van der Waals surface area contributed by atoms with E-state index >= 15 is 0 Å². The number of benzene rings is 2. The molecular weight excluding hydrogens is 298 g/mol. The van der Waals surface area contributed by atoms with Gasteiger partial charge in [0.2, 0.25) is 0 Å². The molecule has 24 heavy (non-hydrogen) atoms. The number of rotatable bonds is 2. The Morgan fingerprint density at radius 1 is 1.12 bits per heavy atom. The topological polar surface area (TPSA) is 47.0 Å². The van der Waals surface area contributed by atoms with Crippen LogP contribution in [0.5, 0.6) is 5.75 Å². The number of para-hydroxylation sites is 1. The van der Waals surface area contributed by atoms with Crippen molar-refractivity contribution in [3.63, 3.8) is 0 Å². The third-order valence-corrected chi connectivity index (χ3v) is 4.70. The van der Waals surface area contributed by atoms with Crippen molar-refractivity contribution in [3.8, 4) is 5.75 Å². The van der Waals surface area contributed by atoms with E-state index in [1.165, 1.54) is 11.1 Å². The zero-order chi connectivity index (χ0) is 16.5. The molecule has 0 bridgehead atoms. The predicted octanol–water partition coefficient (Wildman–Crippen LogP) is 3.57. The average molecular weight is 319 g/mol. The van der Waals surface area contributed by atoms with Gasteiger partial charge < -0.3 is 10.1 Å². The summed E-state index contributed by atoms with van der Waals surface area (Å²) in [5.41, 5.74) is 4.60. The first-order valence-corrected chi connectivity index (χ1v) is 8.40. The summed E-state index contributed by atoms with van der Waals surface area (Å²) in [7, 11) is 1.71. The molecule has 3 aromatic rings. The first kappa shape index (κ1) is 15.1. The number of hydrogen-bond donors (Lipinski definition) is 1. The van der Waals surface area contributed by atoms with E-state index in [1.54, 1.807) is 7.11 Å². The molecule has 0 aliphatic carbocycles. The molecule has 2 aromatic carbocycles. The standard InChI is InChI=1S/C20H21N3O/c1-13-16-7-3-4-8-18(16)23-20(22-13)19-17-10-9-15(24-2)12-14(17)6-5-11-21-19/h3-4,7-10,12,19,21H,5-6,11H2,1-2H3. The normalized spacial score (nSPS) is 17.3. The van der Waals surface area contributed by atoms with Gasteiger partial charge in [0, 0.05) is 11.1 Å². The molecule has 1 unspecified atom stereocenters. The molecule has 0 fully saturated rings. The number of fused-ring (bicyclic) bond motifs is 2. The van der Waals surface area contributed by atoms with E-state index in [-0.39, 0.29) is 6.04 Å². The maximum atomic E-state index is 5.39. The molecule has 4 nitrogen and oxygen atoms in total. The van der Waals surface area contributed by atoms with Gasteiger partial charge >= 0.3 is 0 Å². The molecule has 1 atom stereocenters. The molecule has 1 N–H and O–H groups in total. The highest BCUT2D eigenvalue weighted by atomic mass is 16.5. The molecule has 1 aromatic heterocycles. The van der Waals surface area contributed by atoms with E-state index in [1.807, 2.05) is 18.2 Å². The van der Waals surface area contributed by atoms with E-state index in [2.05, 4.69) is 36.5 Å². The molecule has 0 saturated heterocycles. The monoisotopic (exact) mass is 319 g/mol. The molecule has 1 aliphatic heterocycles. The number of hydrogen-bond acceptors (Lipinski definition) is 4. The predicted molar refractivity (Wildman–Crippen MR) is 95.4 cm³/mol. The fraction of sp³-hybridized carbons (Fsp3) is 0.300. The number of methoxy groups -OCH3 is 1. The maximum absolute atomic E-state index is 5.39. The number of aromatic nitrogens is 2. The molecule has 0 saturated carbocycles. The second-order valence-electron chi connectivity index (χ2n) is 6.24. The fourth-order valence-corrected chi connectivity index (χ4v) is 3.46. The van der Waals surface area contributed by atoms with Crippen LogP contribution in [0.3, 0.4) is 0 Å². The average Bonchev–Trinajstić information content (AvgIpc) is 2.83. The highest BCUT2D eigenvalue weighted by Gasteiger charge is 2.23. The van der Waals surface area contributed by atoms with E-state index in [9.17, 15) is 0 Å². The van der Waals surface area contributed by atoms with Crippen LogP contribution >= 0.6 is 0 Å². The third-order valence-electron chi connectivity index (χ3n) is 4.70. The van der Waals surface area contributed by atoms with Gasteiger partial charge in [-0.2, -0.15) is 0 Å². The van der Waals surface area contributed by atoms with Gasteiger partial charge in [-0.1, -0.05) is 24.3 Å². The van der Waals surface area contributed by atoms with Crippen molar-refractivity contribution in [2.24, 2.45) is 0 Å². The number of nitrogens with one attached hydrogen (secondary N) is 1. The van der Waals surface area contributed by atoms with E-state index in [0.717, 1.165) is 47.6 Å². The second kappa shape index (κ2) is 6.21. The second-order valence-corrected chi connectivity index (χ2v) is 6.24. The lowest BCUT2D eigenvalue weighted by atomic mass is 9.97. The van der Waals surface area contributed by atoms with Gasteiger partial charge in [0.05, 0.1) is 18.7 Å². The van der Waals surface area contributed by atoms with Crippen molar-refractivity contribution < 1.29 is 4.74 Å². The van der Waals surface area contributed by atoms with Crippen LogP contribution in [0.2, 0.25) is 0 Å². The minimum atomic E-state index is 0.0247. The van der Waals surface area contributed by atoms with Gasteiger partial charge in [0.25, 0.3) is 0 Å². The van der Waals surface area contributed by atoms with Gasteiger partial charge in [-0.25, -0.2) is 9.97 Å². The van der Waals surface area contributed by atoms with E-state index in [4.69, 9.17) is 14.7 Å².